The molecule has 92 valence electrons. The first-order valence-electron chi connectivity index (χ1n) is 4.88. The molecule has 0 fully saturated rings. The molecular formula is C12H11BrF3N. The van der Waals surface area contributed by atoms with Crippen LogP contribution in [-0.2, 0) is 6.18 Å². The standard InChI is InChI=1S/C12H11BrF3N/c1-2-3-4-11(17)9-6-5-8(13)7-10(9)12(14,15)16/h5-7,11H,4,17H2,1H3. The number of alkyl halides is 3. The summed E-state index contributed by atoms with van der Waals surface area (Å²) in [5, 5.41) is 0. The zero-order chi connectivity index (χ0) is 13.1. The fraction of sp³-hybridized carbons (Fsp3) is 0.333. The maximum absolute atomic E-state index is 12.8. The molecule has 0 aliphatic rings. The van der Waals surface area contributed by atoms with Crippen molar-refractivity contribution in [2.45, 2.75) is 25.6 Å². The van der Waals surface area contributed by atoms with Crippen molar-refractivity contribution in [1.29, 1.82) is 0 Å². The summed E-state index contributed by atoms with van der Waals surface area (Å²) in [6.07, 6.45) is -4.20. The molecule has 0 saturated carbocycles. The minimum absolute atomic E-state index is 0.0726. The minimum Gasteiger partial charge on any atom is -0.323 e. The number of rotatable bonds is 2. The monoisotopic (exact) mass is 305 g/mol. The van der Waals surface area contributed by atoms with E-state index in [-0.39, 0.29) is 12.0 Å². The van der Waals surface area contributed by atoms with E-state index in [1.807, 2.05) is 0 Å². The third-order valence-corrected chi connectivity index (χ3v) is 2.71. The zero-order valence-electron chi connectivity index (χ0n) is 9.11. The van der Waals surface area contributed by atoms with Gasteiger partial charge in [-0.1, -0.05) is 22.0 Å². The quantitative estimate of drug-likeness (QED) is 0.825. The van der Waals surface area contributed by atoms with Gasteiger partial charge >= 0.3 is 6.18 Å². The molecule has 2 N–H and O–H groups in total. The lowest BCUT2D eigenvalue weighted by Gasteiger charge is -2.17. The summed E-state index contributed by atoms with van der Waals surface area (Å²) in [6.45, 7) is 1.62. The molecule has 0 aliphatic heterocycles. The van der Waals surface area contributed by atoms with Crippen molar-refractivity contribution in [2.24, 2.45) is 5.73 Å². The molecular weight excluding hydrogens is 295 g/mol. The Hall–Kier alpha value is -0.990. The molecule has 1 atom stereocenters. The van der Waals surface area contributed by atoms with Crippen LogP contribution in [0, 0.1) is 11.8 Å². The summed E-state index contributed by atoms with van der Waals surface area (Å²) >= 11 is 3.02. The molecule has 1 aromatic rings. The summed E-state index contributed by atoms with van der Waals surface area (Å²) in [5.74, 6) is 5.30. The highest BCUT2D eigenvalue weighted by Crippen LogP contribution is 2.36. The van der Waals surface area contributed by atoms with Gasteiger partial charge in [-0.2, -0.15) is 13.2 Å². The molecule has 5 heteroatoms. The van der Waals surface area contributed by atoms with Crippen molar-refractivity contribution in [3.05, 3.63) is 33.8 Å². The molecule has 0 heterocycles. The van der Waals surface area contributed by atoms with Crippen LogP contribution in [0.1, 0.15) is 30.5 Å². The SMILES string of the molecule is CC#CCC(N)c1ccc(Br)cc1C(F)(F)F. The fourth-order valence-electron chi connectivity index (χ4n) is 1.42. The van der Waals surface area contributed by atoms with Crippen LogP contribution < -0.4 is 5.73 Å². The van der Waals surface area contributed by atoms with Gasteiger partial charge in [0.15, 0.2) is 0 Å². The van der Waals surface area contributed by atoms with Crippen LogP contribution in [0.4, 0.5) is 13.2 Å². The van der Waals surface area contributed by atoms with E-state index >= 15 is 0 Å². The van der Waals surface area contributed by atoms with Gasteiger partial charge < -0.3 is 5.73 Å². The summed E-state index contributed by atoms with van der Waals surface area (Å²) in [4.78, 5) is 0. The normalized spacial score (nSPS) is 12.8. The Morgan fingerprint density at radius 3 is 2.59 bits per heavy atom. The number of hydrogen-bond acceptors (Lipinski definition) is 1. The van der Waals surface area contributed by atoms with E-state index < -0.39 is 17.8 Å². The smallest absolute Gasteiger partial charge is 0.323 e. The average molecular weight is 306 g/mol. The van der Waals surface area contributed by atoms with Gasteiger partial charge in [0.25, 0.3) is 0 Å². The molecule has 0 radical (unpaired) electrons. The van der Waals surface area contributed by atoms with Crippen LogP contribution in [0.15, 0.2) is 22.7 Å². The lowest BCUT2D eigenvalue weighted by molar-refractivity contribution is -0.138. The molecule has 0 amide bonds. The maximum atomic E-state index is 12.8. The second kappa shape index (κ2) is 5.56. The highest BCUT2D eigenvalue weighted by atomic mass is 79.9. The van der Waals surface area contributed by atoms with Gasteiger partial charge in [0.1, 0.15) is 0 Å². The largest absolute Gasteiger partial charge is 0.416 e. The van der Waals surface area contributed by atoms with Crippen LogP contribution in [0.2, 0.25) is 0 Å². The van der Waals surface area contributed by atoms with Gasteiger partial charge in [-0.25, -0.2) is 0 Å². The van der Waals surface area contributed by atoms with Crippen LogP contribution in [0.5, 0.6) is 0 Å². The third kappa shape index (κ3) is 3.76. The van der Waals surface area contributed by atoms with E-state index in [1.54, 1.807) is 13.0 Å². The summed E-state index contributed by atoms with van der Waals surface area (Å²) in [5.41, 5.74) is 5.07. The molecule has 17 heavy (non-hydrogen) atoms. The van der Waals surface area contributed by atoms with Gasteiger partial charge in [0.05, 0.1) is 5.56 Å². The van der Waals surface area contributed by atoms with Crippen LogP contribution in [0.25, 0.3) is 0 Å². The van der Waals surface area contributed by atoms with Crippen molar-refractivity contribution in [3.8, 4) is 11.8 Å². The number of benzene rings is 1. The van der Waals surface area contributed by atoms with Gasteiger partial charge in [-0.05, 0) is 24.6 Å². The second-order valence-electron chi connectivity index (χ2n) is 3.47. The van der Waals surface area contributed by atoms with Gasteiger partial charge in [0.2, 0.25) is 0 Å². The Balaban J connectivity index is 3.17. The van der Waals surface area contributed by atoms with Crippen molar-refractivity contribution >= 4 is 15.9 Å². The third-order valence-electron chi connectivity index (χ3n) is 2.22. The Labute approximate surface area is 106 Å². The number of hydrogen-bond donors (Lipinski definition) is 1. The molecule has 1 unspecified atom stereocenters. The van der Waals surface area contributed by atoms with Crippen LogP contribution >= 0.6 is 15.9 Å². The van der Waals surface area contributed by atoms with Crippen molar-refractivity contribution in [2.75, 3.05) is 0 Å². The number of halogens is 4. The Morgan fingerprint density at radius 2 is 2.06 bits per heavy atom. The fourth-order valence-corrected chi connectivity index (χ4v) is 1.78. The Kier molecular flexibility index (Phi) is 4.61. The van der Waals surface area contributed by atoms with E-state index in [9.17, 15) is 13.2 Å². The minimum atomic E-state index is -4.41. The summed E-state index contributed by atoms with van der Waals surface area (Å²) in [7, 11) is 0. The molecule has 0 aliphatic carbocycles. The predicted molar refractivity (Wildman–Crippen MR) is 64.1 cm³/mol. The summed E-state index contributed by atoms with van der Waals surface area (Å²) in [6, 6.07) is 3.24. The van der Waals surface area contributed by atoms with Crippen LogP contribution in [-0.4, -0.2) is 0 Å². The predicted octanol–water partition coefficient (Wildman–Crippen LogP) is 3.88. The molecule has 0 aromatic heterocycles. The maximum Gasteiger partial charge on any atom is 0.416 e. The molecule has 0 saturated heterocycles. The highest BCUT2D eigenvalue weighted by molar-refractivity contribution is 9.10. The van der Waals surface area contributed by atoms with Gasteiger partial charge in [0, 0.05) is 16.9 Å². The lowest BCUT2D eigenvalue weighted by atomic mass is 9.98. The topological polar surface area (TPSA) is 26.0 Å². The summed E-state index contributed by atoms with van der Waals surface area (Å²) < 4.78 is 38.8. The Morgan fingerprint density at radius 1 is 1.41 bits per heavy atom. The van der Waals surface area contributed by atoms with Crippen molar-refractivity contribution in [3.63, 3.8) is 0 Å². The van der Waals surface area contributed by atoms with E-state index in [0.717, 1.165) is 6.07 Å². The van der Waals surface area contributed by atoms with Gasteiger partial charge in [-0.3, -0.25) is 0 Å². The van der Waals surface area contributed by atoms with Crippen molar-refractivity contribution < 1.29 is 13.2 Å². The molecule has 0 bridgehead atoms. The molecule has 1 nitrogen and oxygen atoms in total. The first kappa shape index (κ1) is 14.1. The first-order valence-corrected chi connectivity index (χ1v) is 5.67. The first-order chi connectivity index (χ1) is 7.86. The van der Waals surface area contributed by atoms with Crippen LogP contribution in [0.3, 0.4) is 0 Å². The van der Waals surface area contributed by atoms with E-state index in [0.29, 0.717) is 4.47 Å². The van der Waals surface area contributed by atoms with E-state index in [2.05, 4.69) is 27.8 Å². The van der Waals surface area contributed by atoms with E-state index in [4.69, 9.17) is 5.73 Å². The zero-order valence-corrected chi connectivity index (χ0v) is 10.7. The van der Waals surface area contributed by atoms with Gasteiger partial charge in [-0.15, -0.1) is 11.8 Å². The lowest BCUT2D eigenvalue weighted by Crippen LogP contribution is -2.17. The van der Waals surface area contributed by atoms with E-state index in [1.165, 1.54) is 6.07 Å². The highest BCUT2D eigenvalue weighted by Gasteiger charge is 2.34. The molecule has 1 aromatic carbocycles. The molecule has 0 spiro atoms. The van der Waals surface area contributed by atoms with Crippen molar-refractivity contribution in [1.82, 2.24) is 0 Å². The number of nitrogens with two attached hydrogens (primary N) is 1. The Bertz CT molecular complexity index is 457. The average Bonchev–Trinajstić information content (AvgIpc) is 2.24. The molecule has 1 rings (SSSR count). The second-order valence-corrected chi connectivity index (χ2v) is 4.38.